The Balaban J connectivity index is 1.81. The minimum atomic E-state index is 0.280. The van der Waals surface area contributed by atoms with Crippen molar-refractivity contribution in [1.82, 2.24) is 9.97 Å². The molecule has 3 rings (SSSR count). The van der Waals surface area contributed by atoms with Crippen molar-refractivity contribution in [2.75, 3.05) is 11.9 Å². The zero-order valence-electron chi connectivity index (χ0n) is 11.9. The molecular weight excluding hydrogens is 286 g/mol. The highest BCUT2D eigenvalue weighted by molar-refractivity contribution is 6.29. The van der Waals surface area contributed by atoms with Gasteiger partial charge in [-0.1, -0.05) is 41.9 Å². The van der Waals surface area contributed by atoms with E-state index in [0.29, 0.717) is 17.0 Å². The van der Waals surface area contributed by atoms with Gasteiger partial charge in [0.1, 0.15) is 11.0 Å². The number of hydrogen-bond acceptors (Lipinski definition) is 4. The Bertz CT molecular complexity index is 606. The average molecular weight is 304 g/mol. The maximum Gasteiger partial charge on any atom is 0.163 e. The number of nitrogens with one attached hydrogen (secondary N) is 1. The quantitative estimate of drug-likeness (QED) is 0.877. The summed E-state index contributed by atoms with van der Waals surface area (Å²) >= 11 is 6.13. The fraction of sp³-hybridized carbons (Fsp3) is 0.375. The molecule has 0 spiro atoms. The molecule has 0 aliphatic carbocycles. The van der Waals surface area contributed by atoms with Crippen molar-refractivity contribution in [1.29, 1.82) is 0 Å². The summed E-state index contributed by atoms with van der Waals surface area (Å²) in [5, 5.41) is 3.90. The van der Waals surface area contributed by atoms with Crippen LogP contribution in [0.1, 0.15) is 19.8 Å². The minimum Gasteiger partial charge on any atom is -0.378 e. The van der Waals surface area contributed by atoms with E-state index in [9.17, 15) is 0 Å². The minimum absolute atomic E-state index is 0.280. The second-order valence-corrected chi connectivity index (χ2v) is 5.70. The zero-order valence-corrected chi connectivity index (χ0v) is 12.7. The van der Waals surface area contributed by atoms with Crippen LogP contribution in [-0.2, 0) is 4.74 Å². The first-order valence-corrected chi connectivity index (χ1v) is 7.56. The summed E-state index contributed by atoms with van der Waals surface area (Å²) in [6.07, 6.45) is 2.23. The third-order valence-corrected chi connectivity index (χ3v) is 3.76. The van der Waals surface area contributed by atoms with Crippen LogP contribution in [0.15, 0.2) is 36.4 Å². The number of nitrogens with zero attached hydrogens (tertiary/aromatic N) is 2. The fourth-order valence-electron chi connectivity index (χ4n) is 2.55. The van der Waals surface area contributed by atoms with Crippen LogP contribution in [0.5, 0.6) is 0 Å². The van der Waals surface area contributed by atoms with Crippen molar-refractivity contribution in [3.63, 3.8) is 0 Å². The molecule has 1 aliphatic heterocycles. The van der Waals surface area contributed by atoms with Gasteiger partial charge in [-0.15, -0.1) is 0 Å². The Kier molecular flexibility index (Phi) is 4.36. The summed E-state index contributed by atoms with van der Waals surface area (Å²) in [5.74, 6) is 1.42. The van der Waals surface area contributed by atoms with Crippen LogP contribution in [0.3, 0.4) is 0 Å². The highest BCUT2D eigenvalue weighted by atomic mass is 35.5. The number of rotatable bonds is 3. The molecule has 110 valence electrons. The molecule has 1 N–H and O–H groups in total. The first kappa shape index (κ1) is 14.3. The summed E-state index contributed by atoms with van der Waals surface area (Å²) < 4.78 is 5.56. The highest BCUT2D eigenvalue weighted by Crippen LogP contribution is 2.22. The molecular formula is C16H18ClN3O. The molecule has 2 atom stereocenters. The molecule has 2 unspecified atom stereocenters. The van der Waals surface area contributed by atoms with Gasteiger partial charge in [-0.2, -0.15) is 0 Å². The Hall–Kier alpha value is -1.65. The largest absolute Gasteiger partial charge is 0.378 e. The van der Waals surface area contributed by atoms with E-state index in [4.69, 9.17) is 16.3 Å². The first-order valence-electron chi connectivity index (χ1n) is 7.19. The van der Waals surface area contributed by atoms with Crippen LogP contribution in [0, 0.1) is 0 Å². The molecule has 0 radical (unpaired) electrons. The van der Waals surface area contributed by atoms with E-state index in [1.807, 2.05) is 30.3 Å². The first-order chi connectivity index (χ1) is 10.2. The Morgan fingerprint density at radius 2 is 2.05 bits per heavy atom. The predicted molar refractivity (Wildman–Crippen MR) is 84.5 cm³/mol. The lowest BCUT2D eigenvalue weighted by atomic mass is 10.0. The Labute approximate surface area is 129 Å². The number of anilines is 1. The number of hydrogen-bond donors (Lipinski definition) is 1. The summed E-state index contributed by atoms with van der Waals surface area (Å²) in [7, 11) is 0. The van der Waals surface area contributed by atoms with E-state index < -0.39 is 0 Å². The Morgan fingerprint density at radius 1 is 1.24 bits per heavy atom. The van der Waals surface area contributed by atoms with Crippen LogP contribution in [0.2, 0.25) is 5.15 Å². The standard InChI is InChI=1S/C16H18ClN3O/c1-11-9-13(7-8-21-11)18-15-10-14(17)19-16(20-15)12-5-3-2-4-6-12/h2-6,10-11,13H,7-9H2,1H3,(H,18,19,20). The molecule has 2 aromatic rings. The molecule has 5 heteroatoms. The monoisotopic (exact) mass is 303 g/mol. The number of benzene rings is 1. The number of ether oxygens (including phenoxy) is 1. The molecule has 2 heterocycles. The molecule has 1 aromatic heterocycles. The van der Waals surface area contributed by atoms with Crippen molar-refractivity contribution < 1.29 is 4.74 Å². The maximum absolute atomic E-state index is 6.13. The van der Waals surface area contributed by atoms with Crippen molar-refractivity contribution in [2.45, 2.75) is 31.9 Å². The van der Waals surface area contributed by atoms with Crippen molar-refractivity contribution >= 4 is 17.4 Å². The van der Waals surface area contributed by atoms with E-state index in [2.05, 4.69) is 22.2 Å². The van der Waals surface area contributed by atoms with E-state index in [1.165, 1.54) is 0 Å². The van der Waals surface area contributed by atoms with E-state index in [1.54, 1.807) is 6.07 Å². The molecule has 0 saturated carbocycles. The third kappa shape index (κ3) is 3.71. The van der Waals surface area contributed by atoms with Gasteiger partial charge < -0.3 is 10.1 Å². The lowest BCUT2D eigenvalue weighted by molar-refractivity contribution is 0.0232. The highest BCUT2D eigenvalue weighted by Gasteiger charge is 2.19. The van der Waals surface area contributed by atoms with Crippen molar-refractivity contribution in [3.05, 3.63) is 41.6 Å². The second-order valence-electron chi connectivity index (χ2n) is 5.31. The van der Waals surface area contributed by atoms with Gasteiger partial charge in [-0.25, -0.2) is 9.97 Å². The van der Waals surface area contributed by atoms with E-state index in [-0.39, 0.29) is 6.10 Å². The fourth-order valence-corrected chi connectivity index (χ4v) is 2.73. The van der Waals surface area contributed by atoms with Gasteiger partial charge >= 0.3 is 0 Å². The van der Waals surface area contributed by atoms with Gasteiger partial charge in [-0.3, -0.25) is 0 Å². The summed E-state index contributed by atoms with van der Waals surface area (Å²) in [6.45, 7) is 2.87. The zero-order chi connectivity index (χ0) is 14.7. The lowest BCUT2D eigenvalue weighted by Gasteiger charge is -2.28. The van der Waals surface area contributed by atoms with Crippen molar-refractivity contribution in [3.8, 4) is 11.4 Å². The molecule has 4 nitrogen and oxygen atoms in total. The summed E-state index contributed by atoms with van der Waals surface area (Å²) in [6, 6.07) is 12.0. The maximum atomic E-state index is 6.13. The molecule has 21 heavy (non-hydrogen) atoms. The van der Waals surface area contributed by atoms with E-state index >= 15 is 0 Å². The van der Waals surface area contributed by atoms with Crippen LogP contribution in [0.25, 0.3) is 11.4 Å². The SMILES string of the molecule is CC1CC(Nc2cc(Cl)nc(-c3ccccc3)n2)CCO1. The normalized spacial score (nSPS) is 22.0. The van der Waals surface area contributed by atoms with Crippen LogP contribution >= 0.6 is 11.6 Å². The van der Waals surface area contributed by atoms with Crippen LogP contribution in [0.4, 0.5) is 5.82 Å². The molecule has 1 saturated heterocycles. The van der Waals surface area contributed by atoms with E-state index in [0.717, 1.165) is 30.8 Å². The van der Waals surface area contributed by atoms with Crippen LogP contribution in [-0.4, -0.2) is 28.7 Å². The third-order valence-electron chi connectivity index (χ3n) is 3.56. The number of halogens is 1. The van der Waals surface area contributed by atoms with Gasteiger partial charge in [0.25, 0.3) is 0 Å². The second kappa shape index (κ2) is 6.41. The summed E-state index contributed by atoms with van der Waals surface area (Å²) in [4.78, 5) is 8.88. The molecule has 1 fully saturated rings. The molecule has 0 bridgehead atoms. The topological polar surface area (TPSA) is 47.0 Å². The van der Waals surface area contributed by atoms with Gasteiger partial charge in [0.15, 0.2) is 5.82 Å². The van der Waals surface area contributed by atoms with Crippen LogP contribution < -0.4 is 5.32 Å². The predicted octanol–water partition coefficient (Wildman–Crippen LogP) is 3.78. The smallest absolute Gasteiger partial charge is 0.163 e. The summed E-state index contributed by atoms with van der Waals surface area (Å²) in [5.41, 5.74) is 0.961. The van der Waals surface area contributed by atoms with Gasteiger partial charge in [0.05, 0.1) is 6.10 Å². The molecule has 0 amide bonds. The Morgan fingerprint density at radius 3 is 2.81 bits per heavy atom. The van der Waals surface area contributed by atoms with Crippen molar-refractivity contribution in [2.24, 2.45) is 0 Å². The van der Waals surface area contributed by atoms with Gasteiger partial charge in [-0.05, 0) is 19.8 Å². The lowest BCUT2D eigenvalue weighted by Crippen LogP contribution is -2.32. The van der Waals surface area contributed by atoms with Gasteiger partial charge in [0.2, 0.25) is 0 Å². The van der Waals surface area contributed by atoms with Gasteiger partial charge in [0, 0.05) is 24.3 Å². The molecule has 1 aromatic carbocycles. The average Bonchev–Trinajstić information content (AvgIpc) is 2.47. The molecule has 1 aliphatic rings. The number of aromatic nitrogens is 2.